The maximum Gasteiger partial charge on any atom is 0.226 e. The van der Waals surface area contributed by atoms with E-state index in [0.717, 1.165) is 18.7 Å². The Hall–Kier alpha value is -1.58. The Morgan fingerprint density at radius 2 is 2.33 bits per heavy atom. The molecule has 0 fully saturated rings. The predicted octanol–water partition coefficient (Wildman–Crippen LogP) is 2.17. The molecule has 4 heteroatoms. The highest BCUT2D eigenvalue weighted by atomic mass is 16.5. The van der Waals surface area contributed by atoms with Gasteiger partial charge in [-0.3, -0.25) is 0 Å². The molecule has 0 aliphatic carbocycles. The molecule has 0 amide bonds. The number of rotatable bonds is 6. The van der Waals surface area contributed by atoms with Crippen molar-refractivity contribution in [3.05, 3.63) is 24.4 Å². The average Bonchev–Trinajstić information content (AvgIpc) is 2.18. The summed E-state index contributed by atoms with van der Waals surface area (Å²) in [6.45, 7) is 8.96. The number of aromatic nitrogens is 2. The van der Waals surface area contributed by atoms with Crippen molar-refractivity contribution >= 4 is 5.95 Å². The van der Waals surface area contributed by atoms with Crippen LogP contribution in [0.1, 0.15) is 19.0 Å². The molecular formula is C11H17N3O. The minimum atomic E-state index is 0.603. The third kappa shape index (κ3) is 3.97. The molecule has 0 unspecified atom stereocenters. The van der Waals surface area contributed by atoms with Crippen molar-refractivity contribution in [2.45, 2.75) is 20.3 Å². The highest BCUT2D eigenvalue weighted by molar-refractivity contribution is 5.30. The lowest BCUT2D eigenvalue weighted by molar-refractivity contribution is 0.312. The van der Waals surface area contributed by atoms with E-state index in [1.165, 1.54) is 0 Å². The standard InChI is InChI=1S/C11H17N3O/c1-4-6-7-15-10-8-9(3)13-11(14-10)12-5-2/h4,8H,1,5-7H2,2-3H3,(H,12,13,14). The van der Waals surface area contributed by atoms with E-state index in [1.54, 1.807) is 0 Å². The van der Waals surface area contributed by atoms with Gasteiger partial charge in [-0.25, -0.2) is 4.98 Å². The lowest BCUT2D eigenvalue weighted by Gasteiger charge is -2.07. The molecule has 1 heterocycles. The Morgan fingerprint density at radius 1 is 1.53 bits per heavy atom. The van der Waals surface area contributed by atoms with Crippen molar-refractivity contribution in [3.63, 3.8) is 0 Å². The number of aryl methyl sites for hydroxylation is 1. The number of nitrogens with one attached hydrogen (secondary N) is 1. The highest BCUT2D eigenvalue weighted by Gasteiger charge is 2.01. The molecular weight excluding hydrogens is 190 g/mol. The van der Waals surface area contributed by atoms with Crippen LogP contribution in [0.25, 0.3) is 0 Å². The first-order chi connectivity index (χ1) is 7.26. The summed E-state index contributed by atoms with van der Waals surface area (Å²) in [6.07, 6.45) is 2.64. The smallest absolute Gasteiger partial charge is 0.226 e. The number of anilines is 1. The minimum Gasteiger partial charge on any atom is -0.477 e. The van der Waals surface area contributed by atoms with Crippen molar-refractivity contribution in [1.29, 1.82) is 0 Å². The maximum atomic E-state index is 5.45. The van der Waals surface area contributed by atoms with E-state index in [1.807, 2.05) is 26.0 Å². The van der Waals surface area contributed by atoms with Crippen LogP contribution < -0.4 is 10.1 Å². The summed E-state index contributed by atoms with van der Waals surface area (Å²) in [4.78, 5) is 8.45. The summed E-state index contributed by atoms with van der Waals surface area (Å²) in [5.74, 6) is 1.23. The lowest BCUT2D eigenvalue weighted by atomic mass is 10.4. The van der Waals surface area contributed by atoms with Crippen LogP contribution in [0.3, 0.4) is 0 Å². The molecule has 1 aromatic rings. The topological polar surface area (TPSA) is 47.0 Å². The zero-order chi connectivity index (χ0) is 11.1. The quantitative estimate of drug-likeness (QED) is 0.573. The molecule has 0 radical (unpaired) electrons. The molecule has 0 aliphatic rings. The van der Waals surface area contributed by atoms with Gasteiger partial charge in [-0.15, -0.1) is 6.58 Å². The van der Waals surface area contributed by atoms with Crippen LogP contribution in [0.15, 0.2) is 18.7 Å². The Morgan fingerprint density at radius 3 is 3.00 bits per heavy atom. The Kier molecular flexibility index (Phi) is 4.60. The van der Waals surface area contributed by atoms with Crippen molar-refractivity contribution in [2.24, 2.45) is 0 Å². The van der Waals surface area contributed by atoms with Crippen LogP contribution in [0, 0.1) is 6.92 Å². The predicted molar refractivity (Wildman–Crippen MR) is 61.2 cm³/mol. The second kappa shape index (κ2) is 6.01. The summed E-state index contributed by atoms with van der Waals surface area (Å²) in [7, 11) is 0. The second-order valence-corrected chi connectivity index (χ2v) is 3.13. The Labute approximate surface area is 90.4 Å². The molecule has 1 N–H and O–H groups in total. The highest BCUT2D eigenvalue weighted by Crippen LogP contribution is 2.11. The van der Waals surface area contributed by atoms with Gasteiger partial charge in [-0.1, -0.05) is 6.08 Å². The molecule has 15 heavy (non-hydrogen) atoms. The number of ether oxygens (including phenoxy) is 1. The van der Waals surface area contributed by atoms with Gasteiger partial charge in [0.05, 0.1) is 6.61 Å². The third-order valence-corrected chi connectivity index (χ3v) is 1.74. The van der Waals surface area contributed by atoms with Crippen LogP contribution >= 0.6 is 0 Å². The van der Waals surface area contributed by atoms with Crippen LogP contribution in [-0.4, -0.2) is 23.1 Å². The van der Waals surface area contributed by atoms with Gasteiger partial charge in [-0.05, 0) is 20.3 Å². The van der Waals surface area contributed by atoms with E-state index in [0.29, 0.717) is 18.4 Å². The fourth-order valence-electron chi connectivity index (χ4n) is 1.10. The monoisotopic (exact) mass is 207 g/mol. The molecule has 0 aliphatic heterocycles. The molecule has 0 bridgehead atoms. The average molecular weight is 207 g/mol. The lowest BCUT2D eigenvalue weighted by Crippen LogP contribution is -2.05. The summed E-state index contributed by atoms with van der Waals surface area (Å²) in [5.41, 5.74) is 0.898. The van der Waals surface area contributed by atoms with Gasteiger partial charge in [0.1, 0.15) is 0 Å². The van der Waals surface area contributed by atoms with Gasteiger partial charge in [0, 0.05) is 18.3 Å². The van der Waals surface area contributed by atoms with Gasteiger partial charge < -0.3 is 10.1 Å². The molecule has 0 saturated heterocycles. The van der Waals surface area contributed by atoms with Crippen molar-refractivity contribution in [3.8, 4) is 5.88 Å². The van der Waals surface area contributed by atoms with Crippen LogP contribution in [-0.2, 0) is 0 Å². The van der Waals surface area contributed by atoms with E-state index in [-0.39, 0.29) is 0 Å². The van der Waals surface area contributed by atoms with Gasteiger partial charge in [0.15, 0.2) is 0 Å². The molecule has 1 aromatic heterocycles. The normalized spacial score (nSPS) is 9.73. The van der Waals surface area contributed by atoms with Gasteiger partial charge in [-0.2, -0.15) is 4.98 Å². The van der Waals surface area contributed by atoms with Gasteiger partial charge in [0.2, 0.25) is 11.8 Å². The Bertz CT molecular complexity index is 326. The van der Waals surface area contributed by atoms with E-state index in [2.05, 4.69) is 21.9 Å². The van der Waals surface area contributed by atoms with Crippen molar-refractivity contribution < 1.29 is 4.74 Å². The molecule has 0 spiro atoms. The number of nitrogens with zero attached hydrogens (tertiary/aromatic N) is 2. The molecule has 0 saturated carbocycles. The maximum absolute atomic E-state index is 5.45. The zero-order valence-corrected chi connectivity index (χ0v) is 9.29. The zero-order valence-electron chi connectivity index (χ0n) is 9.29. The summed E-state index contributed by atoms with van der Waals surface area (Å²) >= 11 is 0. The minimum absolute atomic E-state index is 0.603. The van der Waals surface area contributed by atoms with Crippen LogP contribution in [0.4, 0.5) is 5.95 Å². The van der Waals surface area contributed by atoms with Crippen molar-refractivity contribution in [1.82, 2.24) is 9.97 Å². The van der Waals surface area contributed by atoms with Gasteiger partial charge in [0.25, 0.3) is 0 Å². The van der Waals surface area contributed by atoms with E-state index < -0.39 is 0 Å². The molecule has 0 aromatic carbocycles. The first kappa shape index (κ1) is 11.5. The first-order valence-electron chi connectivity index (χ1n) is 5.09. The van der Waals surface area contributed by atoms with E-state index in [9.17, 15) is 0 Å². The largest absolute Gasteiger partial charge is 0.477 e. The molecule has 0 atom stereocenters. The third-order valence-electron chi connectivity index (χ3n) is 1.74. The van der Waals surface area contributed by atoms with Gasteiger partial charge >= 0.3 is 0 Å². The van der Waals surface area contributed by atoms with E-state index >= 15 is 0 Å². The first-order valence-corrected chi connectivity index (χ1v) is 5.09. The second-order valence-electron chi connectivity index (χ2n) is 3.13. The Balaban J connectivity index is 2.65. The fourth-order valence-corrected chi connectivity index (χ4v) is 1.10. The fraction of sp³-hybridized carbons (Fsp3) is 0.455. The van der Waals surface area contributed by atoms with Crippen molar-refractivity contribution in [2.75, 3.05) is 18.5 Å². The van der Waals surface area contributed by atoms with E-state index in [4.69, 9.17) is 4.74 Å². The number of hydrogen-bond acceptors (Lipinski definition) is 4. The molecule has 82 valence electrons. The molecule has 1 rings (SSSR count). The van der Waals surface area contributed by atoms with Crippen LogP contribution in [0.5, 0.6) is 5.88 Å². The SMILES string of the molecule is C=CCCOc1cc(C)nc(NCC)n1. The summed E-state index contributed by atoms with van der Waals surface area (Å²) in [5, 5.41) is 3.06. The molecule has 4 nitrogen and oxygen atoms in total. The summed E-state index contributed by atoms with van der Waals surface area (Å²) < 4.78 is 5.45. The van der Waals surface area contributed by atoms with Crippen LogP contribution in [0.2, 0.25) is 0 Å². The number of hydrogen-bond donors (Lipinski definition) is 1. The summed E-state index contributed by atoms with van der Waals surface area (Å²) in [6, 6.07) is 1.82.